The third kappa shape index (κ3) is 7.17. The van der Waals surface area contributed by atoms with Crippen molar-refractivity contribution in [3.05, 3.63) is 27.7 Å². The molecule has 0 unspecified atom stereocenters. The van der Waals surface area contributed by atoms with Crippen molar-refractivity contribution in [3.63, 3.8) is 0 Å². The summed E-state index contributed by atoms with van der Waals surface area (Å²) in [6, 6.07) is 4.98. The summed E-state index contributed by atoms with van der Waals surface area (Å²) < 4.78 is 6.02. The van der Waals surface area contributed by atoms with Crippen LogP contribution in [0.3, 0.4) is 0 Å². The molecule has 2 rings (SSSR count). The molecule has 136 valence electrons. The van der Waals surface area contributed by atoms with Crippen molar-refractivity contribution < 1.29 is 14.3 Å². The maximum Gasteiger partial charge on any atom is 0.276 e. The topological polar surface area (TPSA) is 79.5 Å². The molecule has 6 nitrogen and oxygen atoms in total. The van der Waals surface area contributed by atoms with Gasteiger partial charge in [-0.1, -0.05) is 24.4 Å². The summed E-state index contributed by atoms with van der Waals surface area (Å²) in [6.45, 7) is -0.216. The lowest BCUT2D eigenvalue weighted by Gasteiger charge is -2.13. The van der Waals surface area contributed by atoms with Crippen LogP contribution < -0.4 is 20.9 Å². The first kappa shape index (κ1) is 19.9. The van der Waals surface area contributed by atoms with Crippen molar-refractivity contribution in [2.75, 3.05) is 6.61 Å². The molecule has 0 saturated heterocycles. The van der Waals surface area contributed by atoms with E-state index >= 15 is 0 Å². The Morgan fingerprint density at radius 1 is 1.24 bits per heavy atom. The summed E-state index contributed by atoms with van der Waals surface area (Å²) in [7, 11) is 0. The number of hydrogen-bond donors (Lipinski definition) is 3. The number of carbonyl (C=O) groups is 2. The predicted molar refractivity (Wildman–Crippen MR) is 103 cm³/mol. The highest BCUT2D eigenvalue weighted by Gasteiger charge is 2.18. The third-order valence-corrected chi connectivity index (χ3v) is 4.83. The predicted octanol–water partition coefficient (Wildman–Crippen LogP) is 3.08. The lowest BCUT2D eigenvalue weighted by Crippen LogP contribution is -2.49. The fourth-order valence-electron chi connectivity index (χ4n) is 2.58. The van der Waals surface area contributed by atoms with Gasteiger partial charge < -0.3 is 10.1 Å². The highest BCUT2D eigenvalue weighted by Crippen LogP contribution is 2.28. The van der Waals surface area contributed by atoms with Crippen molar-refractivity contribution in [2.24, 2.45) is 5.92 Å². The van der Waals surface area contributed by atoms with E-state index in [-0.39, 0.29) is 17.6 Å². The SMILES string of the molecule is O=C(COc1ccc(Cl)cc1Br)NNC(=S)NC(=O)CC1CCCC1. The number of carbonyl (C=O) groups excluding carboxylic acids is 2. The Hall–Kier alpha value is -1.38. The van der Waals surface area contributed by atoms with Crippen LogP contribution in [0, 0.1) is 5.92 Å². The summed E-state index contributed by atoms with van der Waals surface area (Å²) >= 11 is 14.1. The Balaban J connectivity index is 1.65. The van der Waals surface area contributed by atoms with E-state index in [1.807, 2.05) is 0 Å². The van der Waals surface area contributed by atoms with Crippen molar-refractivity contribution in [1.82, 2.24) is 16.2 Å². The monoisotopic (exact) mass is 447 g/mol. The van der Waals surface area contributed by atoms with Crippen LogP contribution in [0.2, 0.25) is 5.02 Å². The van der Waals surface area contributed by atoms with Crippen molar-refractivity contribution >= 4 is 56.7 Å². The largest absolute Gasteiger partial charge is 0.483 e. The van der Waals surface area contributed by atoms with Gasteiger partial charge >= 0.3 is 0 Å². The van der Waals surface area contributed by atoms with E-state index in [1.165, 1.54) is 12.8 Å². The van der Waals surface area contributed by atoms with Gasteiger partial charge in [-0.25, -0.2) is 0 Å². The normalized spacial score (nSPS) is 14.0. The molecule has 1 aliphatic carbocycles. The average molecular weight is 449 g/mol. The summed E-state index contributed by atoms with van der Waals surface area (Å²) in [6.07, 6.45) is 4.99. The Morgan fingerprint density at radius 3 is 2.64 bits per heavy atom. The maximum absolute atomic E-state index is 11.8. The highest BCUT2D eigenvalue weighted by molar-refractivity contribution is 9.10. The zero-order valence-electron chi connectivity index (χ0n) is 13.4. The minimum absolute atomic E-state index is 0.0593. The maximum atomic E-state index is 11.8. The number of hydrazine groups is 1. The van der Waals surface area contributed by atoms with Crippen LogP contribution >= 0.6 is 39.7 Å². The molecule has 25 heavy (non-hydrogen) atoms. The Bertz CT molecular complexity index is 654. The molecule has 0 heterocycles. The van der Waals surface area contributed by atoms with Gasteiger partial charge in [0.25, 0.3) is 5.91 Å². The molecule has 1 saturated carbocycles. The Kier molecular flexibility index (Phi) is 7.92. The van der Waals surface area contributed by atoms with Gasteiger partial charge in [0.15, 0.2) is 11.7 Å². The van der Waals surface area contributed by atoms with Gasteiger partial charge in [-0.15, -0.1) is 0 Å². The van der Waals surface area contributed by atoms with Gasteiger partial charge in [0, 0.05) is 11.4 Å². The van der Waals surface area contributed by atoms with Crippen molar-refractivity contribution in [3.8, 4) is 5.75 Å². The van der Waals surface area contributed by atoms with E-state index in [4.69, 9.17) is 28.6 Å². The van der Waals surface area contributed by atoms with E-state index in [0.717, 1.165) is 12.8 Å². The van der Waals surface area contributed by atoms with Crippen LogP contribution in [0.15, 0.2) is 22.7 Å². The number of rotatable bonds is 5. The van der Waals surface area contributed by atoms with E-state index < -0.39 is 5.91 Å². The smallest absolute Gasteiger partial charge is 0.276 e. The van der Waals surface area contributed by atoms with Gasteiger partial charge in [0.1, 0.15) is 5.75 Å². The van der Waals surface area contributed by atoms with Gasteiger partial charge in [0.05, 0.1) is 4.47 Å². The van der Waals surface area contributed by atoms with Gasteiger partial charge in [-0.05, 0) is 65.1 Å². The summed E-state index contributed by atoms with van der Waals surface area (Å²) in [5.41, 5.74) is 4.86. The molecule has 1 aromatic rings. The van der Waals surface area contributed by atoms with E-state index in [2.05, 4.69) is 32.1 Å². The first-order chi connectivity index (χ1) is 11.9. The molecule has 1 aromatic carbocycles. The zero-order valence-corrected chi connectivity index (χ0v) is 16.6. The number of nitrogens with one attached hydrogen (secondary N) is 3. The molecule has 0 radical (unpaired) electrons. The van der Waals surface area contributed by atoms with Crippen LogP contribution in [0.4, 0.5) is 0 Å². The average Bonchev–Trinajstić information content (AvgIpc) is 3.04. The fraction of sp³-hybridized carbons (Fsp3) is 0.438. The van der Waals surface area contributed by atoms with Crippen molar-refractivity contribution in [2.45, 2.75) is 32.1 Å². The third-order valence-electron chi connectivity index (χ3n) is 3.77. The van der Waals surface area contributed by atoms with Crippen molar-refractivity contribution in [1.29, 1.82) is 0 Å². The second-order valence-corrected chi connectivity index (χ2v) is 7.47. The lowest BCUT2D eigenvalue weighted by molar-refractivity contribution is -0.124. The molecule has 0 bridgehead atoms. The summed E-state index contributed by atoms with van der Waals surface area (Å²) in [5, 5.41) is 3.17. The molecule has 2 amide bonds. The van der Waals surface area contributed by atoms with Crippen LogP contribution in [0.25, 0.3) is 0 Å². The van der Waals surface area contributed by atoms with Crippen LogP contribution in [-0.2, 0) is 9.59 Å². The minimum atomic E-state index is -0.436. The quantitative estimate of drug-likeness (QED) is 0.476. The van der Waals surface area contributed by atoms with Gasteiger partial charge in [0.2, 0.25) is 5.91 Å². The molecule has 0 atom stereocenters. The Labute approximate surface area is 165 Å². The van der Waals surface area contributed by atoms with E-state index in [0.29, 0.717) is 27.6 Å². The number of ether oxygens (including phenoxy) is 1. The summed E-state index contributed by atoms with van der Waals surface area (Å²) in [4.78, 5) is 23.6. The molecule has 1 fully saturated rings. The fourth-order valence-corrected chi connectivity index (χ4v) is 3.55. The summed E-state index contributed by atoms with van der Waals surface area (Å²) in [5.74, 6) is 0.352. The molecule has 0 aromatic heterocycles. The zero-order chi connectivity index (χ0) is 18.2. The van der Waals surface area contributed by atoms with Gasteiger partial charge in [-0.3, -0.25) is 20.4 Å². The molecule has 9 heteroatoms. The first-order valence-corrected chi connectivity index (χ1v) is 9.48. The number of thiocarbonyl (C=S) groups is 1. The first-order valence-electron chi connectivity index (χ1n) is 7.90. The molecular weight excluding hydrogens is 430 g/mol. The lowest BCUT2D eigenvalue weighted by atomic mass is 10.0. The molecule has 3 N–H and O–H groups in total. The highest BCUT2D eigenvalue weighted by atomic mass is 79.9. The van der Waals surface area contributed by atoms with Crippen LogP contribution in [0.5, 0.6) is 5.75 Å². The second-order valence-electron chi connectivity index (χ2n) is 5.77. The number of hydrogen-bond acceptors (Lipinski definition) is 4. The minimum Gasteiger partial charge on any atom is -0.483 e. The van der Waals surface area contributed by atoms with Crippen LogP contribution in [0.1, 0.15) is 32.1 Å². The van der Waals surface area contributed by atoms with Gasteiger partial charge in [-0.2, -0.15) is 0 Å². The molecule has 0 spiro atoms. The van der Waals surface area contributed by atoms with Crippen LogP contribution in [-0.4, -0.2) is 23.5 Å². The Morgan fingerprint density at radius 2 is 1.96 bits per heavy atom. The molecular formula is C16H19BrClN3O3S. The second kappa shape index (κ2) is 9.94. The number of benzene rings is 1. The molecule has 0 aliphatic heterocycles. The van der Waals surface area contributed by atoms with E-state index in [9.17, 15) is 9.59 Å². The number of halogens is 2. The van der Waals surface area contributed by atoms with E-state index in [1.54, 1.807) is 18.2 Å². The number of amides is 2. The standard InChI is InChI=1S/C16H19BrClN3O3S/c17-12-8-11(18)5-6-13(12)24-9-15(23)20-21-16(25)19-14(22)7-10-3-1-2-4-10/h5-6,8,10H,1-4,7,9H2,(H,20,23)(H2,19,21,22,25). The molecule has 1 aliphatic rings.